The van der Waals surface area contributed by atoms with Gasteiger partial charge >= 0.3 is 0 Å². The van der Waals surface area contributed by atoms with Crippen molar-refractivity contribution in [2.75, 3.05) is 11.5 Å². The average Bonchev–Trinajstić information content (AvgIpc) is 2.56. The summed E-state index contributed by atoms with van der Waals surface area (Å²) >= 11 is 1.48. The van der Waals surface area contributed by atoms with Crippen LogP contribution in [-0.2, 0) is 9.84 Å². The van der Waals surface area contributed by atoms with Crippen molar-refractivity contribution in [2.24, 2.45) is 0 Å². The third kappa shape index (κ3) is 3.79. The molecule has 3 nitrogen and oxygen atoms in total. The summed E-state index contributed by atoms with van der Waals surface area (Å²) in [4.78, 5) is 5.01. The first kappa shape index (κ1) is 17.0. The van der Waals surface area contributed by atoms with Crippen LogP contribution in [0.1, 0.15) is 11.1 Å². The Balaban J connectivity index is 1.71. The van der Waals surface area contributed by atoms with E-state index in [9.17, 15) is 8.42 Å². The molecular weight excluding hydrogens is 338 g/mol. The first-order valence-electron chi connectivity index (χ1n) is 7.74. The molecule has 124 valence electrons. The normalized spacial score (nSPS) is 11.8. The van der Waals surface area contributed by atoms with Crippen LogP contribution in [0.25, 0.3) is 10.9 Å². The fourth-order valence-corrected chi connectivity index (χ4v) is 5.43. The molecule has 0 aliphatic heterocycles. The topological polar surface area (TPSA) is 47.0 Å². The summed E-state index contributed by atoms with van der Waals surface area (Å²) in [5.74, 6) is 0.595. The minimum absolute atomic E-state index is 0.108. The summed E-state index contributed by atoms with van der Waals surface area (Å²) < 4.78 is 25.1. The molecule has 1 heterocycles. The molecule has 3 rings (SSSR count). The number of pyridine rings is 1. The van der Waals surface area contributed by atoms with Gasteiger partial charge in [-0.05, 0) is 43.2 Å². The fourth-order valence-electron chi connectivity index (χ4n) is 2.54. The van der Waals surface area contributed by atoms with Gasteiger partial charge in [-0.3, -0.25) is 0 Å². The number of hydrogen-bond donors (Lipinski definition) is 0. The summed E-state index contributed by atoms with van der Waals surface area (Å²) in [7, 11) is -3.27. The smallest absolute Gasteiger partial charge is 0.179 e. The number of sulfone groups is 1. The molecule has 1 aromatic heterocycles. The maximum Gasteiger partial charge on any atom is 0.179 e. The van der Waals surface area contributed by atoms with Gasteiger partial charge in [0.05, 0.1) is 21.2 Å². The van der Waals surface area contributed by atoms with E-state index < -0.39 is 9.84 Å². The maximum absolute atomic E-state index is 12.6. The molecule has 5 heteroatoms. The Kier molecular flexibility index (Phi) is 4.92. The molecule has 0 fully saturated rings. The number of fused-ring (bicyclic) bond motifs is 1. The van der Waals surface area contributed by atoms with Crippen molar-refractivity contribution in [1.82, 2.24) is 4.98 Å². The van der Waals surface area contributed by atoms with Crippen molar-refractivity contribution in [3.05, 3.63) is 65.7 Å². The Morgan fingerprint density at radius 1 is 1.00 bits per heavy atom. The van der Waals surface area contributed by atoms with Gasteiger partial charge in [0.15, 0.2) is 9.84 Å². The van der Waals surface area contributed by atoms with E-state index >= 15 is 0 Å². The second kappa shape index (κ2) is 6.95. The zero-order chi connectivity index (χ0) is 17.2. The molecule has 2 aromatic carbocycles. The Bertz CT molecular complexity index is 982. The number of rotatable bonds is 5. The predicted octanol–water partition coefficient (Wildman–Crippen LogP) is 4.42. The molecular formula is C19H19NO2S2. The van der Waals surface area contributed by atoms with E-state index in [2.05, 4.69) is 4.98 Å². The Labute approximate surface area is 147 Å². The molecule has 0 aliphatic rings. The molecule has 0 unspecified atom stereocenters. The lowest BCUT2D eigenvalue weighted by molar-refractivity contribution is 0.597. The molecule has 0 bridgehead atoms. The molecule has 0 spiro atoms. The molecule has 0 atom stereocenters. The number of nitrogens with zero attached hydrogens (tertiary/aromatic N) is 1. The monoisotopic (exact) mass is 357 g/mol. The zero-order valence-electron chi connectivity index (χ0n) is 13.7. The van der Waals surface area contributed by atoms with Gasteiger partial charge in [0, 0.05) is 11.1 Å². The van der Waals surface area contributed by atoms with Gasteiger partial charge < -0.3 is 0 Å². The number of aromatic nitrogens is 1. The average molecular weight is 358 g/mol. The van der Waals surface area contributed by atoms with Crippen LogP contribution < -0.4 is 0 Å². The van der Waals surface area contributed by atoms with E-state index in [1.807, 2.05) is 62.4 Å². The highest BCUT2D eigenvalue weighted by molar-refractivity contribution is 8.00. The van der Waals surface area contributed by atoms with Gasteiger partial charge in [-0.25, -0.2) is 13.4 Å². The summed E-state index contributed by atoms with van der Waals surface area (Å²) in [5, 5.41) is 1.94. The van der Waals surface area contributed by atoms with Crippen molar-refractivity contribution in [2.45, 2.75) is 23.8 Å². The third-order valence-corrected chi connectivity index (χ3v) is 6.89. The lowest BCUT2D eigenvalue weighted by Gasteiger charge is -2.09. The molecule has 24 heavy (non-hydrogen) atoms. The van der Waals surface area contributed by atoms with Gasteiger partial charge in [0.2, 0.25) is 0 Å². The number of thioether (sulfide) groups is 1. The number of aryl methyl sites for hydroxylation is 2. The van der Waals surface area contributed by atoms with E-state index in [1.54, 1.807) is 6.07 Å². The first-order valence-corrected chi connectivity index (χ1v) is 10.4. The first-order chi connectivity index (χ1) is 11.5. The fraction of sp³-hybridized carbons (Fsp3) is 0.211. The Morgan fingerprint density at radius 3 is 2.62 bits per heavy atom. The van der Waals surface area contributed by atoms with E-state index in [-0.39, 0.29) is 5.75 Å². The summed E-state index contributed by atoms with van der Waals surface area (Å²) in [5.41, 5.74) is 2.69. The SMILES string of the molecule is Cc1ccc(C)c(S(=O)(=O)CCSc2ccc3ccccc3n2)c1. The van der Waals surface area contributed by atoms with Gasteiger partial charge in [-0.2, -0.15) is 0 Å². The number of hydrogen-bond acceptors (Lipinski definition) is 4. The summed E-state index contributed by atoms with van der Waals surface area (Å²) in [6.45, 7) is 3.75. The second-order valence-corrected chi connectivity index (χ2v) is 8.97. The van der Waals surface area contributed by atoms with E-state index in [4.69, 9.17) is 0 Å². The lowest BCUT2D eigenvalue weighted by atomic mass is 10.2. The van der Waals surface area contributed by atoms with Crippen LogP contribution in [0.2, 0.25) is 0 Å². The van der Waals surface area contributed by atoms with Crippen molar-refractivity contribution < 1.29 is 8.42 Å². The van der Waals surface area contributed by atoms with Crippen LogP contribution in [0.3, 0.4) is 0 Å². The Hall–Kier alpha value is -1.85. The molecule has 0 saturated carbocycles. The highest BCUT2D eigenvalue weighted by atomic mass is 32.2. The second-order valence-electron chi connectivity index (χ2n) is 5.78. The van der Waals surface area contributed by atoms with Gasteiger partial charge in [-0.15, -0.1) is 11.8 Å². The molecule has 0 aliphatic carbocycles. The predicted molar refractivity (Wildman–Crippen MR) is 100 cm³/mol. The number of benzene rings is 2. The number of para-hydroxylation sites is 1. The van der Waals surface area contributed by atoms with E-state index in [1.165, 1.54) is 11.8 Å². The molecule has 0 amide bonds. The van der Waals surface area contributed by atoms with Crippen molar-refractivity contribution in [3.63, 3.8) is 0 Å². The lowest BCUT2D eigenvalue weighted by Crippen LogP contribution is -2.10. The van der Waals surface area contributed by atoms with E-state index in [0.29, 0.717) is 10.6 Å². The largest absolute Gasteiger partial charge is 0.241 e. The van der Waals surface area contributed by atoms with Gasteiger partial charge in [0.1, 0.15) is 0 Å². The zero-order valence-corrected chi connectivity index (χ0v) is 15.3. The molecule has 0 radical (unpaired) electrons. The van der Waals surface area contributed by atoms with Crippen LogP contribution in [0.4, 0.5) is 0 Å². The van der Waals surface area contributed by atoms with E-state index in [0.717, 1.165) is 27.1 Å². The minimum Gasteiger partial charge on any atom is -0.241 e. The van der Waals surface area contributed by atoms with Crippen LogP contribution >= 0.6 is 11.8 Å². The van der Waals surface area contributed by atoms with Gasteiger partial charge in [-0.1, -0.05) is 36.4 Å². The quantitative estimate of drug-likeness (QED) is 0.634. The Morgan fingerprint density at radius 2 is 1.79 bits per heavy atom. The highest BCUT2D eigenvalue weighted by Crippen LogP contribution is 2.23. The van der Waals surface area contributed by atoms with Crippen molar-refractivity contribution in [3.8, 4) is 0 Å². The maximum atomic E-state index is 12.6. The van der Waals surface area contributed by atoms with Gasteiger partial charge in [0.25, 0.3) is 0 Å². The molecule has 3 aromatic rings. The summed E-state index contributed by atoms with van der Waals surface area (Å²) in [6, 6.07) is 17.4. The summed E-state index contributed by atoms with van der Waals surface area (Å²) in [6.07, 6.45) is 0. The molecule has 0 N–H and O–H groups in total. The van der Waals surface area contributed by atoms with Crippen molar-refractivity contribution >= 4 is 32.5 Å². The standard InChI is InChI=1S/C19H19NO2S2/c1-14-7-8-15(2)18(13-14)24(21,22)12-11-23-19-10-9-16-5-3-4-6-17(16)20-19/h3-10,13H,11-12H2,1-2H3. The van der Waals surface area contributed by atoms with Crippen LogP contribution in [0, 0.1) is 13.8 Å². The highest BCUT2D eigenvalue weighted by Gasteiger charge is 2.17. The van der Waals surface area contributed by atoms with Crippen LogP contribution in [0.15, 0.2) is 64.5 Å². The van der Waals surface area contributed by atoms with Crippen LogP contribution in [0.5, 0.6) is 0 Å². The third-order valence-electron chi connectivity index (χ3n) is 3.85. The molecule has 0 saturated heterocycles. The van der Waals surface area contributed by atoms with Crippen LogP contribution in [-0.4, -0.2) is 24.9 Å². The van der Waals surface area contributed by atoms with Crippen molar-refractivity contribution in [1.29, 1.82) is 0 Å². The minimum atomic E-state index is -3.27.